The van der Waals surface area contributed by atoms with Crippen molar-refractivity contribution < 1.29 is 9.78 Å². The zero-order valence-corrected chi connectivity index (χ0v) is 16.7. The van der Waals surface area contributed by atoms with E-state index >= 15 is 0 Å². The highest BCUT2D eigenvalue weighted by atomic mass is 16.2. The van der Waals surface area contributed by atoms with E-state index < -0.39 is 0 Å². The molecule has 6 heteroatoms. The molecule has 1 aliphatic heterocycles. The minimum Gasteiger partial charge on any atom is -0.317 e. The van der Waals surface area contributed by atoms with Crippen molar-refractivity contribution in [3.05, 3.63) is 65.2 Å². The number of carbonyl (C=O) groups is 1. The first-order chi connectivity index (χ1) is 14.0. The number of aromatic amines is 1. The minimum absolute atomic E-state index is 0.0908. The number of nitriles is 1. The largest absolute Gasteiger partial charge is 0.322 e. The molecule has 0 spiro atoms. The van der Waals surface area contributed by atoms with Crippen LogP contribution in [0.25, 0.3) is 10.9 Å². The van der Waals surface area contributed by atoms with Crippen molar-refractivity contribution in [3.8, 4) is 6.07 Å². The number of aryl methyl sites for hydroxylation is 2. The van der Waals surface area contributed by atoms with Crippen LogP contribution in [0, 0.1) is 25.2 Å². The Morgan fingerprint density at radius 1 is 1.00 bits per heavy atom. The van der Waals surface area contributed by atoms with E-state index in [0.29, 0.717) is 31.7 Å². The van der Waals surface area contributed by atoms with Gasteiger partial charge in [-0.15, -0.1) is 0 Å². The van der Waals surface area contributed by atoms with E-state index in [1.54, 1.807) is 0 Å². The van der Waals surface area contributed by atoms with Gasteiger partial charge in [0.25, 0.3) is 5.82 Å². The van der Waals surface area contributed by atoms with Gasteiger partial charge in [0.15, 0.2) is 0 Å². The zero-order chi connectivity index (χ0) is 20.4. The van der Waals surface area contributed by atoms with E-state index in [9.17, 15) is 10.1 Å². The summed E-state index contributed by atoms with van der Waals surface area (Å²) in [6, 6.07) is 18.1. The number of amides is 2. The molecule has 0 unspecified atom stereocenters. The van der Waals surface area contributed by atoms with Gasteiger partial charge in [0.05, 0.1) is 13.1 Å². The van der Waals surface area contributed by atoms with Crippen molar-refractivity contribution in [1.82, 2.24) is 4.90 Å². The summed E-state index contributed by atoms with van der Waals surface area (Å²) in [6.45, 7) is 6.60. The van der Waals surface area contributed by atoms with Crippen molar-refractivity contribution in [1.29, 1.82) is 5.26 Å². The summed E-state index contributed by atoms with van der Waals surface area (Å²) in [5, 5.41) is 13.6. The lowest BCUT2D eigenvalue weighted by Gasteiger charge is -2.31. The Balaban J connectivity index is 1.46. The summed E-state index contributed by atoms with van der Waals surface area (Å²) in [6.07, 6.45) is 0. The maximum Gasteiger partial charge on any atom is 0.322 e. The number of anilines is 2. The number of hydrogen-bond donors (Lipinski definition) is 1. The number of piperazine rings is 1. The number of rotatable bonds is 2. The quantitative estimate of drug-likeness (QED) is 0.733. The fourth-order valence-corrected chi connectivity index (χ4v) is 3.64. The Morgan fingerprint density at radius 3 is 2.38 bits per heavy atom. The Morgan fingerprint density at radius 2 is 1.69 bits per heavy atom. The summed E-state index contributed by atoms with van der Waals surface area (Å²) >= 11 is 0. The monoisotopic (exact) mass is 386 g/mol. The molecule has 4 rings (SSSR count). The van der Waals surface area contributed by atoms with E-state index in [1.807, 2.05) is 55.1 Å². The van der Waals surface area contributed by atoms with Crippen molar-refractivity contribution in [2.45, 2.75) is 13.8 Å². The molecule has 1 aromatic heterocycles. The predicted octanol–water partition coefficient (Wildman–Crippen LogP) is 3.50. The Labute approximate surface area is 170 Å². The third-order valence-electron chi connectivity index (χ3n) is 5.32. The molecule has 0 saturated carbocycles. The predicted molar refractivity (Wildman–Crippen MR) is 114 cm³/mol. The molecule has 1 aliphatic rings. The van der Waals surface area contributed by atoms with E-state index in [0.717, 1.165) is 33.5 Å². The molecular weight excluding hydrogens is 362 g/mol. The lowest BCUT2D eigenvalue weighted by atomic mass is 10.1. The second-order valence-corrected chi connectivity index (χ2v) is 7.50. The van der Waals surface area contributed by atoms with Crippen LogP contribution in [0.3, 0.4) is 0 Å². The molecule has 29 heavy (non-hydrogen) atoms. The molecule has 2 N–H and O–H groups in total. The Kier molecular flexibility index (Phi) is 5.05. The van der Waals surface area contributed by atoms with Gasteiger partial charge in [-0.2, -0.15) is 5.26 Å². The van der Waals surface area contributed by atoms with Crippen molar-refractivity contribution in [3.63, 3.8) is 0 Å². The lowest BCUT2D eigenvalue weighted by Crippen LogP contribution is -2.51. The third-order valence-corrected chi connectivity index (χ3v) is 5.32. The number of urea groups is 1. The average Bonchev–Trinajstić information content (AvgIpc) is 2.74. The molecule has 0 bridgehead atoms. The van der Waals surface area contributed by atoms with Gasteiger partial charge in [-0.3, -0.25) is 4.90 Å². The number of hydrogen-bond acceptors (Lipinski definition) is 3. The summed E-state index contributed by atoms with van der Waals surface area (Å²) in [5.74, 6) is 0.822. The topological polar surface area (TPSA) is 73.5 Å². The highest BCUT2D eigenvalue weighted by Gasteiger charge is 2.29. The molecule has 0 atom stereocenters. The average molecular weight is 386 g/mol. The zero-order valence-electron chi connectivity index (χ0n) is 16.7. The molecule has 0 radical (unpaired) electrons. The van der Waals surface area contributed by atoms with Crippen LogP contribution in [-0.2, 0) is 0 Å². The number of fused-ring (bicyclic) bond motifs is 1. The van der Waals surface area contributed by atoms with E-state index in [2.05, 4.69) is 33.4 Å². The SMILES string of the molecule is Cc1ccc(NC(=O)N2CCN(c3[nH+]c4ccc(C)cc4cc3C#N)CC2)cc1. The maximum atomic E-state index is 12.6. The molecule has 6 nitrogen and oxygen atoms in total. The lowest BCUT2D eigenvalue weighted by molar-refractivity contribution is -0.331. The van der Waals surface area contributed by atoms with Crippen LogP contribution in [0.15, 0.2) is 48.5 Å². The van der Waals surface area contributed by atoms with Crippen molar-refractivity contribution >= 4 is 28.4 Å². The molecular formula is C23H24N5O+. The van der Waals surface area contributed by atoms with Gasteiger partial charge in [0, 0.05) is 11.1 Å². The molecule has 2 amide bonds. The maximum absolute atomic E-state index is 12.6. The molecule has 3 aromatic rings. The van der Waals surface area contributed by atoms with Crippen molar-refractivity contribution in [2.75, 3.05) is 36.4 Å². The first kappa shape index (κ1) is 18.8. The molecule has 146 valence electrons. The highest BCUT2D eigenvalue weighted by Crippen LogP contribution is 2.22. The van der Waals surface area contributed by atoms with E-state index in [1.165, 1.54) is 0 Å². The summed E-state index contributed by atoms with van der Waals surface area (Å²) in [5.41, 5.74) is 4.75. The van der Waals surface area contributed by atoms with E-state index in [-0.39, 0.29) is 6.03 Å². The van der Waals surface area contributed by atoms with Gasteiger partial charge < -0.3 is 10.2 Å². The fraction of sp³-hybridized carbons (Fsp3) is 0.261. The highest BCUT2D eigenvalue weighted by molar-refractivity contribution is 5.89. The third kappa shape index (κ3) is 3.99. The van der Waals surface area contributed by atoms with Gasteiger partial charge in [0.1, 0.15) is 30.2 Å². The van der Waals surface area contributed by atoms with Gasteiger partial charge in [-0.25, -0.2) is 9.78 Å². The summed E-state index contributed by atoms with van der Waals surface area (Å²) in [7, 11) is 0. The first-order valence-electron chi connectivity index (χ1n) is 9.78. The van der Waals surface area contributed by atoms with Crippen LogP contribution in [-0.4, -0.2) is 37.1 Å². The molecule has 2 heterocycles. The van der Waals surface area contributed by atoms with Crippen LogP contribution >= 0.6 is 0 Å². The molecule has 0 aliphatic carbocycles. The van der Waals surface area contributed by atoms with Crippen LogP contribution in [0.5, 0.6) is 0 Å². The number of H-pyrrole nitrogens is 1. The fourth-order valence-electron chi connectivity index (χ4n) is 3.64. The van der Waals surface area contributed by atoms with E-state index in [4.69, 9.17) is 0 Å². The Bertz CT molecular complexity index is 1090. The molecule has 1 fully saturated rings. The van der Waals surface area contributed by atoms with Gasteiger partial charge in [-0.1, -0.05) is 29.3 Å². The number of pyridine rings is 1. The standard InChI is InChI=1S/C23H23N5O/c1-16-3-6-20(7-4-16)25-23(29)28-11-9-27(10-12-28)22-19(15-24)14-18-13-17(2)5-8-21(18)26-22/h3-8,13-14H,9-12H2,1-2H3,(H,25,29)/p+1. The number of aromatic nitrogens is 1. The summed E-state index contributed by atoms with van der Waals surface area (Å²) in [4.78, 5) is 19.9. The van der Waals surface area contributed by atoms with Crippen molar-refractivity contribution in [2.24, 2.45) is 0 Å². The molecule has 2 aromatic carbocycles. The number of carbonyl (C=O) groups excluding carboxylic acids is 1. The molecule has 1 saturated heterocycles. The second-order valence-electron chi connectivity index (χ2n) is 7.50. The second kappa shape index (κ2) is 7.80. The van der Waals surface area contributed by atoms with Crippen LogP contribution in [0.4, 0.5) is 16.3 Å². The minimum atomic E-state index is -0.0908. The number of nitrogens with one attached hydrogen (secondary N) is 2. The smallest absolute Gasteiger partial charge is 0.317 e. The number of benzene rings is 2. The van der Waals surface area contributed by atoms with Gasteiger partial charge >= 0.3 is 6.03 Å². The Hall–Kier alpha value is -3.59. The number of nitrogens with zero attached hydrogens (tertiary/aromatic N) is 3. The normalized spacial score (nSPS) is 14.0. The van der Waals surface area contributed by atoms with Gasteiger partial charge in [0.2, 0.25) is 0 Å². The first-order valence-corrected chi connectivity index (χ1v) is 9.78. The van der Waals surface area contributed by atoms with Gasteiger partial charge in [-0.05, 0) is 44.2 Å². The van der Waals surface area contributed by atoms with Crippen LogP contribution < -0.4 is 15.2 Å². The summed E-state index contributed by atoms with van der Waals surface area (Å²) < 4.78 is 0. The van der Waals surface area contributed by atoms with Crippen LogP contribution in [0.1, 0.15) is 16.7 Å². The van der Waals surface area contributed by atoms with Crippen LogP contribution in [0.2, 0.25) is 0 Å².